The molecule has 1 heterocycles. The smallest absolute Gasteiger partial charge is 0.262 e. The van der Waals surface area contributed by atoms with Crippen LogP contribution < -0.4 is 10.9 Å². The fraction of sp³-hybridized carbons (Fsp3) is 0.286. The summed E-state index contributed by atoms with van der Waals surface area (Å²) >= 11 is 19.5. The maximum atomic E-state index is 13.0. The minimum atomic E-state index is -0.300. The zero-order valence-electron chi connectivity index (χ0n) is 16.4. The molecule has 0 aliphatic rings. The first-order valence-electron chi connectivity index (χ1n) is 9.33. The van der Waals surface area contributed by atoms with E-state index in [0.717, 1.165) is 6.42 Å². The van der Waals surface area contributed by atoms with Gasteiger partial charge in [0.15, 0.2) is 5.16 Å². The standard InChI is InChI=1S/C21H20Cl3N3O2S/c1-12(2)8-9-27-20(29)14-7-6-13(22)10-17(14)25-21(27)30-11-18(28)26-19-15(23)4-3-5-16(19)24/h3-7,10,12H,8-9,11H2,1-2H3,(H,26,28). The Hall–Kier alpha value is -1.73. The summed E-state index contributed by atoms with van der Waals surface area (Å²) in [5, 5.41) is 4.89. The molecular formula is C21H20Cl3N3O2S. The first-order valence-corrected chi connectivity index (χ1v) is 11.4. The highest BCUT2D eigenvalue weighted by atomic mass is 35.5. The quantitative estimate of drug-likeness (QED) is 0.323. The number of carbonyl (C=O) groups is 1. The van der Waals surface area contributed by atoms with Gasteiger partial charge in [0.2, 0.25) is 5.91 Å². The number of nitrogens with one attached hydrogen (secondary N) is 1. The summed E-state index contributed by atoms with van der Waals surface area (Å²) in [4.78, 5) is 30.1. The van der Waals surface area contributed by atoms with Crippen molar-refractivity contribution in [3.05, 3.63) is 61.8 Å². The van der Waals surface area contributed by atoms with E-state index in [-0.39, 0.29) is 17.2 Å². The van der Waals surface area contributed by atoms with Gasteiger partial charge in [0.1, 0.15) is 0 Å². The zero-order chi connectivity index (χ0) is 21.8. The third-order valence-electron chi connectivity index (χ3n) is 4.37. The van der Waals surface area contributed by atoms with Crippen molar-refractivity contribution in [1.29, 1.82) is 0 Å². The summed E-state index contributed by atoms with van der Waals surface area (Å²) < 4.78 is 1.62. The van der Waals surface area contributed by atoms with Crippen LogP contribution in [0.3, 0.4) is 0 Å². The number of nitrogens with zero attached hydrogens (tertiary/aromatic N) is 2. The Balaban J connectivity index is 1.87. The molecule has 0 aliphatic heterocycles. The number of benzene rings is 2. The fourth-order valence-electron chi connectivity index (χ4n) is 2.79. The number of aromatic nitrogens is 2. The van der Waals surface area contributed by atoms with Crippen LogP contribution >= 0.6 is 46.6 Å². The Kier molecular flexibility index (Phi) is 7.69. The number of hydrogen-bond donors (Lipinski definition) is 1. The molecule has 9 heteroatoms. The molecule has 5 nitrogen and oxygen atoms in total. The van der Waals surface area contributed by atoms with Crippen LogP contribution in [0.1, 0.15) is 20.3 Å². The summed E-state index contributed by atoms with van der Waals surface area (Å²) in [6.45, 7) is 4.70. The minimum Gasteiger partial charge on any atom is -0.323 e. The number of hydrogen-bond acceptors (Lipinski definition) is 4. The van der Waals surface area contributed by atoms with Gasteiger partial charge in [-0.05, 0) is 42.7 Å². The lowest BCUT2D eigenvalue weighted by Gasteiger charge is -2.14. The van der Waals surface area contributed by atoms with Crippen LogP contribution in [0.25, 0.3) is 10.9 Å². The predicted octanol–water partition coefficient (Wildman–Crippen LogP) is 6.13. The SMILES string of the molecule is CC(C)CCn1c(SCC(=O)Nc2c(Cl)cccc2Cl)nc2cc(Cl)ccc2c1=O. The second kappa shape index (κ2) is 10.1. The van der Waals surface area contributed by atoms with Gasteiger partial charge in [0.25, 0.3) is 5.56 Å². The molecule has 0 fully saturated rings. The van der Waals surface area contributed by atoms with Crippen molar-refractivity contribution in [3.63, 3.8) is 0 Å². The molecule has 0 saturated heterocycles. The molecule has 3 aromatic rings. The van der Waals surface area contributed by atoms with Crippen molar-refractivity contribution in [1.82, 2.24) is 9.55 Å². The number of thioether (sulfide) groups is 1. The van der Waals surface area contributed by atoms with Crippen LogP contribution in [0.5, 0.6) is 0 Å². The largest absolute Gasteiger partial charge is 0.323 e. The van der Waals surface area contributed by atoms with Gasteiger partial charge in [0.05, 0.1) is 32.4 Å². The van der Waals surface area contributed by atoms with E-state index in [1.165, 1.54) is 11.8 Å². The van der Waals surface area contributed by atoms with Crippen LogP contribution in [0, 0.1) is 5.92 Å². The number of carbonyl (C=O) groups excluding carboxylic acids is 1. The lowest BCUT2D eigenvalue weighted by Crippen LogP contribution is -2.25. The third kappa shape index (κ3) is 5.49. The number of para-hydroxylation sites is 1. The molecule has 0 spiro atoms. The molecule has 1 aromatic heterocycles. The first kappa shape index (κ1) is 22.9. The van der Waals surface area contributed by atoms with E-state index in [1.54, 1.807) is 41.0 Å². The average Bonchev–Trinajstić information content (AvgIpc) is 2.68. The normalized spacial score (nSPS) is 11.3. The molecule has 1 N–H and O–H groups in total. The maximum Gasteiger partial charge on any atom is 0.262 e. The van der Waals surface area contributed by atoms with E-state index in [9.17, 15) is 9.59 Å². The van der Waals surface area contributed by atoms with Crippen molar-refractivity contribution < 1.29 is 4.79 Å². The monoisotopic (exact) mass is 483 g/mol. The number of fused-ring (bicyclic) bond motifs is 1. The summed E-state index contributed by atoms with van der Waals surface area (Å²) in [7, 11) is 0. The summed E-state index contributed by atoms with van der Waals surface area (Å²) in [6.07, 6.45) is 0.815. The van der Waals surface area contributed by atoms with Crippen molar-refractivity contribution in [2.24, 2.45) is 5.92 Å². The number of anilines is 1. The van der Waals surface area contributed by atoms with Crippen LogP contribution in [0.15, 0.2) is 46.3 Å². The van der Waals surface area contributed by atoms with E-state index < -0.39 is 0 Å². The zero-order valence-corrected chi connectivity index (χ0v) is 19.5. The Morgan fingerprint density at radius 1 is 1.17 bits per heavy atom. The Bertz CT molecular complexity index is 1130. The molecular weight excluding hydrogens is 465 g/mol. The van der Waals surface area contributed by atoms with Crippen molar-refractivity contribution in [2.45, 2.75) is 32.0 Å². The minimum absolute atomic E-state index is 0.0434. The molecule has 30 heavy (non-hydrogen) atoms. The third-order valence-corrected chi connectivity index (χ3v) is 6.21. The van der Waals surface area contributed by atoms with E-state index >= 15 is 0 Å². The van der Waals surface area contributed by atoms with Gasteiger partial charge < -0.3 is 5.32 Å². The van der Waals surface area contributed by atoms with Crippen molar-refractivity contribution in [3.8, 4) is 0 Å². The first-order chi connectivity index (χ1) is 14.3. The van der Waals surface area contributed by atoms with Gasteiger partial charge in [-0.25, -0.2) is 4.98 Å². The van der Waals surface area contributed by atoms with Crippen molar-refractivity contribution >= 4 is 69.1 Å². The van der Waals surface area contributed by atoms with Crippen LogP contribution in [0.4, 0.5) is 5.69 Å². The van der Waals surface area contributed by atoms with Gasteiger partial charge in [-0.3, -0.25) is 14.2 Å². The topological polar surface area (TPSA) is 64.0 Å². The Morgan fingerprint density at radius 2 is 1.87 bits per heavy atom. The summed E-state index contributed by atoms with van der Waals surface area (Å²) in [6, 6.07) is 10.0. The van der Waals surface area contributed by atoms with Gasteiger partial charge in [-0.2, -0.15) is 0 Å². The molecule has 1 amide bonds. The Morgan fingerprint density at radius 3 is 2.53 bits per heavy atom. The van der Waals surface area contributed by atoms with Crippen molar-refractivity contribution in [2.75, 3.05) is 11.1 Å². The number of amides is 1. The van der Waals surface area contributed by atoms with E-state index in [2.05, 4.69) is 24.1 Å². The molecule has 0 radical (unpaired) electrons. The molecule has 0 unspecified atom stereocenters. The van der Waals surface area contributed by atoms with E-state index in [4.69, 9.17) is 34.8 Å². The highest BCUT2D eigenvalue weighted by Gasteiger charge is 2.15. The Labute approximate surface area is 193 Å². The maximum absolute atomic E-state index is 13.0. The second-order valence-electron chi connectivity index (χ2n) is 7.13. The number of rotatable bonds is 7. The highest BCUT2D eigenvalue weighted by molar-refractivity contribution is 7.99. The lowest BCUT2D eigenvalue weighted by atomic mass is 10.1. The fourth-order valence-corrected chi connectivity index (χ4v) is 4.27. The van der Waals surface area contributed by atoms with Crippen LogP contribution in [-0.2, 0) is 11.3 Å². The molecule has 0 atom stereocenters. The summed E-state index contributed by atoms with van der Waals surface area (Å²) in [5.74, 6) is 0.161. The summed E-state index contributed by atoms with van der Waals surface area (Å²) in [5.41, 5.74) is 0.724. The highest BCUT2D eigenvalue weighted by Crippen LogP contribution is 2.30. The van der Waals surface area contributed by atoms with Gasteiger partial charge >= 0.3 is 0 Å². The molecule has 158 valence electrons. The molecule has 2 aromatic carbocycles. The molecule has 0 bridgehead atoms. The van der Waals surface area contributed by atoms with Gasteiger partial charge in [-0.15, -0.1) is 0 Å². The number of halogens is 3. The lowest BCUT2D eigenvalue weighted by molar-refractivity contribution is -0.113. The van der Waals surface area contributed by atoms with Crippen LogP contribution in [0.2, 0.25) is 15.1 Å². The predicted molar refractivity (Wildman–Crippen MR) is 126 cm³/mol. The second-order valence-corrected chi connectivity index (χ2v) is 9.32. The van der Waals surface area contributed by atoms with Gasteiger partial charge in [-0.1, -0.05) is 66.5 Å². The van der Waals surface area contributed by atoms with E-state index in [0.29, 0.717) is 49.3 Å². The van der Waals surface area contributed by atoms with Gasteiger partial charge in [0, 0.05) is 11.6 Å². The van der Waals surface area contributed by atoms with Crippen LogP contribution in [-0.4, -0.2) is 21.2 Å². The average molecular weight is 485 g/mol. The molecule has 0 aliphatic carbocycles. The van der Waals surface area contributed by atoms with E-state index in [1.807, 2.05) is 0 Å². The molecule has 0 saturated carbocycles. The molecule has 3 rings (SSSR count).